The summed E-state index contributed by atoms with van der Waals surface area (Å²) in [4.78, 5) is 10.4. The second-order valence-corrected chi connectivity index (χ2v) is 3.50. The minimum atomic E-state index is -1.30. The number of rotatable bonds is 1. The van der Waals surface area contributed by atoms with Crippen molar-refractivity contribution in [2.24, 2.45) is 0 Å². The van der Waals surface area contributed by atoms with Crippen molar-refractivity contribution in [1.82, 2.24) is 0 Å². The van der Waals surface area contributed by atoms with Gasteiger partial charge in [0.25, 0.3) is 0 Å². The first kappa shape index (κ1) is 11.8. The molecule has 2 rings (SSSR count). The van der Waals surface area contributed by atoms with Gasteiger partial charge in [-0.1, -0.05) is 15.9 Å². The Morgan fingerprint density at radius 3 is 2.71 bits per heavy atom. The monoisotopic (exact) mass is 262 g/mol. The number of hydrogen-bond acceptors (Lipinski definition) is 3. The summed E-state index contributed by atoms with van der Waals surface area (Å²) in [6, 6.07) is 6.71. The number of hydrogen-bond donors (Lipinski definition) is 0. The van der Waals surface area contributed by atoms with E-state index in [1.165, 1.54) is 6.07 Å². The molecule has 1 heterocycles. The van der Waals surface area contributed by atoms with Crippen molar-refractivity contribution in [1.29, 1.82) is 0 Å². The molecule has 1 aromatic heterocycles. The van der Waals surface area contributed by atoms with Crippen molar-refractivity contribution in [3.05, 3.63) is 34.5 Å². The Hall–Kier alpha value is -0.290. The van der Waals surface area contributed by atoms with Crippen LogP contribution in [-0.2, 0) is 0 Å². The molecule has 0 amide bonds. The molecule has 0 saturated carbocycles. The minimum Gasteiger partial charge on any atom is -0.542 e. The molecule has 0 unspecified atom stereocenters. The number of halogens is 1. The van der Waals surface area contributed by atoms with Crippen molar-refractivity contribution in [2.75, 3.05) is 0 Å². The van der Waals surface area contributed by atoms with Crippen LogP contribution in [0.15, 0.2) is 33.2 Å². The third-order valence-corrected chi connectivity index (χ3v) is 2.17. The second kappa shape index (κ2) is 4.49. The predicted molar refractivity (Wildman–Crippen MR) is 48.2 cm³/mol. The minimum absolute atomic E-state index is 0. The zero-order chi connectivity index (χ0) is 9.42. The Balaban J connectivity index is 0.000000980. The van der Waals surface area contributed by atoms with E-state index >= 15 is 0 Å². The molecule has 0 aliphatic rings. The molecule has 14 heavy (non-hydrogen) atoms. The first-order chi connectivity index (χ1) is 6.16. The number of furan rings is 1. The maximum Gasteiger partial charge on any atom is 1.00 e. The predicted octanol–water partition coefficient (Wildman–Crippen LogP) is -1.44. The van der Waals surface area contributed by atoms with Gasteiger partial charge in [0.1, 0.15) is 11.6 Å². The summed E-state index contributed by atoms with van der Waals surface area (Å²) >= 11 is 3.27. The molecule has 0 aliphatic heterocycles. The summed E-state index contributed by atoms with van der Waals surface area (Å²) in [6.07, 6.45) is 0. The maximum atomic E-state index is 10.4. The van der Waals surface area contributed by atoms with E-state index in [1.807, 2.05) is 0 Å². The van der Waals surface area contributed by atoms with Crippen LogP contribution in [-0.4, -0.2) is 5.97 Å². The van der Waals surface area contributed by atoms with Gasteiger partial charge in [-0.05, 0) is 24.3 Å². The van der Waals surface area contributed by atoms with Crippen LogP contribution in [0.3, 0.4) is 0 Å². The van der Waals surface area contributed by atoms with E-state index < -0.39 is 5.97 Å². The Morgan fingerprint density at radius 2 is 2.07 bits per heavy atom. The van der Waals surface area contributed by atoms with E-state index in [2.05, 4.69) is 15.9 Å². The molecule has 0 aliphatic carbocycles. The van der Waals surface area contributed by atoms with Crippen LogP contribution in [0.1, 0.15) is 10.6 Å². The Bertz CT molecular complexity index is 478. The number of carbonyl (C=O) groups excluding carboxylic acids is 1. The molecule has 0 bridgehead atoms. The molecule has 0 spiro atoms. The van der Waals surface area contributed by atoms with Gasteiger partial charge < -0.3 is 14.3 Å². The van der Waals surface area contributed by atoms with Crippen molar-refractivity contribution in [3.8, 4) is 0 Å². The third-order valence-electron chi connectivity index (χ3n) is 1.68. The van der Waals surface area contributed by atoms with Gasteiger partial charge in [0.05, 0.1) is 0 Å². The van der Waals surface area contributed by atoms with Gasteiger partial charge in [0.2, 0.25) is 0 Å². The van der Waals surface area contributed by atoms with E-state index in [0.29, 0.717) is 5.58 Å². The number of carboxylic acid groups (broad SMARTS) is 1. The van der Waals surface area contributed by atoms with Crippen molar-refractivity contribution in [2.45, 2.75) is 0 Å². The number of benzene rings is 1. The van der Waals surface area contributed by atoms with Crippen molar-refractivity contribution >= 4 is 32.9 Å². The number of carboxylic acids is 1. The van der Waals surface area contributed by atoms with Crippen LogP contribution in [0.5, 0.6) is 0 Å². The standard InChI is InChI=1S/C9H5BrO3.Na/c10-6-1-2-7-5(3-6)4-8(13-7)9(11)12;/h1-4H,(H,11,12);/q;+1/p-1. The fraction of sp³-hybridized carbons (Fsp3) is 0. The van der Waals surface area contributed by atoms with E-state index in [1.54, 1.807) is 18.2 Å². The third kappa shape index (κ3) is 2.20. The molecule has 66 valence electrons. The summed E-state index contributed by atoms with van der Waals surface area (Å²) < 4.78 is 5.88. The number of carbonyl (C=O) groups is 1. The van der Waals surface area contributed by atoms with Crippen LogP contribution >= 0.6 is 15.9 Å². The van der Waals surface area contributed by atoms with Crippen LogP contribution in [0, 0.1) is 0 Å². The average molecular weight is 263 g/mol. The smallest absolute Gasteiger partial charge is 0.542 e. The fourth-order valence-corrected chi connectivity index (χ4v) is 1.49. The van der Waals surface area contributed by atoms with Crippen LogP contribution < -0.4 is 34.7 Å². The van der Waals surface area contributed by atoms with Gasteiger partial charge in [-0.15, -0.1) is 0 Å². The van der Waals surface area contributed by atoms with E-state index in [4.69, 9.17) is 4.42 Å². The van der Waals surface area contributed by atoms with Gasteiger partial charge in [-0.3, -0.25) is 0 Å². The van der Waals surface area contributed by atoms with Gasteiger partial charge in [-0.25, -0.2) is 0 Å². The van der Waals surface area contributed by atoms with Crippen LogP contribution in [0.4, 0.5) is 0 Å². The maximum absolute atomic E-state index is 10.4. The molecule has 1 aromatic carbocycles. The average Bonchev–Trinajstić information content (AvgIpc) is 2.46. The van der Waals surface area contributed by atoms with Gasteiger partial charge >= 0.3 is 29.6 Å². The first-order valence-corrected chi connectivity index (χ1v) is 4.36. The summed E-state index contributed by atoms with van der Waals surface area (Å²) in [5, 5.41) is 11.2. The quantitative estimate of drug-likeness (QED) is 0.592. The summed E-state index contributed by atoms with van der Waals surface area (Å²) in [5.41, 5.74) is 0.544. The second-order valence-electron chi connectivity index (χ2n) is 2.58. The Labute approximate surface area is 111 Å². The van der Waals surface area contributed by atoms with Gasteiger partial charge in [0, 0.05) is 9.86 Å². The molecule has 0 N–H and O–H groups in total. The van der Waals surface area contributed by atoms with Crippen LogP contribution in [0.2, 0.25) is 0 Å². The topological polar surface area (TPSA) is 53.3 Å². The first-order valence-electron chi connectivity index (χ1n) is 3.57. The van der Waals surface area contributed by atoms with Gasteiger partial charge in [-0.2, -0.15) is 0 Å². The molecule has 0 saturated heterocycles. The molecule has 0 radical (unpaired) electrons. The summed E-state index contributed by atoms with van der Waals surface area (Å²) in [7, 11) is 0. The zero-order valence-electron chi connectivity index (χ0n) is 7.41. The van der Waals surface area contributed by atoms with Gasteiger partial charge in [0.15, 0.2) is 5.76 Å². The Morgan fingerprint density at radius 1 is 1.36 bits per heavy atom. The summed E-state index contributed by atoms with van der Waals surface area (Å²) in [5.74, 6) is -1.44. The van der Waals surface area contributed by atoms with E-state index in [-0.39, 0.29) is 35.3 Å². The normalized spacial score (nSPS) is 9.79. The number of aromatic carboxylic acids is 1. The van der Waals surface area contributed by atoms with E-state index in [9.17, 15) is 9.90 Å². The molecule has 3 nitrogen and oxygen atoms in total. The number of fused-ring (bicyclic) bond motifs is 1. The fourth-order valence-electron chi connectivity index (χ4n) is 1.11. The van der Waals surface area contributed by atoms with Crippen molar-refractivity contribution in [3.63, 3.8) is 0 Å². The Kier molecular flexibility index (Phi) is 3.78. The zero-order valence-corrected chi connectivity index (χ0v) is 11.0. The van der Waals surface area contributed by atoms with E-state index in [0.717, 1.165) is 9.86 Å². The molecule has 0 fully saturated rings. The largest absolute Gasteiger partial charge is 1.00 e. The molecule has 5 heteroatoms. The SMILES string of the molecule is O=C([O-])c1cc2cc(Br)ccc2o1.[Na+]. The molecule has 0 atom stereocenters. The molecular formula is C9H4BrNaO3. The summed E-state index contributed by atoms with van der Waals surface area (Å²) in [6.45, 7) is 0. The van der Waals surface area contributed by atoms with Crippen LogP contribution in [0.25, 0.3) is 11.0 Å². The molecule has 2 aromatic rings. The van der Waals surface area contributed by atoms with Crippen molar-refractivity contribution < 1.29 is 43.9 Å². The molecular weight excluding hydrogens is 259 g/mol.